The molecule has 2 saturated heterocycles. The number of methoxy groups -OCH3 is 1. The second-order valence-corrected chi connectivity index (χ2v) is 8.68. The fraction of sp³-hybridized carbons (Fsp3) is 0.375. The number of ether oxygens (including phenoxy) is 1. The Kier molecular flexibility index (Phi) is 8.26. The molecule has 2 aromatic carbocycles. The summed E-state index contributed by atoms with van der Waals surface area (Å²) in [7, 11) is 3.49. The number of nitrogens with zero attached hydrogens (tertiary/aromatic N) is 3. The van der Waals surface area contributed by atoms with Gasteiger partial charge in [0.25, 0.3) is 0 Å². The van der Waals surface area contributed by atoms with Crippen LogP contribution in [0.1, 0.15) is 6.42 Å². The number of aliphatic carboxylic acids is 1. The molecule has 0 bridgehead atoms. The first-order chi connectivity index (χ1) is 17.3. The topological polar surface area (TPSA) is 102 Å². The molecule has 200 valence electrons. The van der Waals surface area contributed by atoms with Crippen molar-refractivity contribution < 1.29 is 41.8 Å². The molecular formula is C24H26F4N4O5. The number of carbonyl (C=O) groups is 3. The van der Waals surface area contributed by atoms with Crippen LogP contribution in [0.3, 0.4) is 0 Å². The molecule has 2 aliphatic heterocycles. The highest BCUT2D eigenvalue weighted by Crippen LogP contribution is 2.34. The lowest BCUT2D eigenvalue weighted by Crippen LogP contribution is -2.64. The van der Waals surface area contributed by atoms with Crippen molar-refractivity contribution in [3.63, 3.8) is 0 Å². The number of anilines is 2. The zero-order chi connectivity index (χ0) is 27.4. The zero-order valence-corrected chi connectivity index (χ0v) is 20.1. The van der Waals surface area contributed by atoms with E-state index in [1.165, 1.54) is 12.1 Å². The molecule has 2 N–H and O–H groups in total. The normalized spacial score (nSPS) is 19.9. The summed E-state index contributed by atoms with van der Waals surface area (Å²) in [5.41, 5.74) is 0.840. The Bertz CT molecular complexity index is 1160. The van der Waals surface area contributed by atoms with E-state index in [-0.39, 0.29) is 29.8 Å². The Morgan fingerprint density at radius 2 is 1.78 bits per heavy atom. The van der Waals surface area contributed by atoms with Crippen molar-refractivity contribution >= 4 is 29.3 Å². The fourth-order valence-electron chi connectivity index (χ4n) is 4.21. The fourth-order valence-corrected chi connectivity index (χ4v) is 4.21. The van der Waals surface area contributed by atoms with Gasteiger partial charge in [-0.15, -0.1) is 0 Å². The lowest BCUT2D eigenvalue weighted by Gasteiger charge is -2.46. The summed E-state index contributed by atoms with van der Waals surface area (Å²) in [6.07, 6.45) is -4.35. The Hall–Kier alpha value is -3.87. The average molecular weight is 526 g/mol. The molecule has 2 aromatic rings. The molecule has 3 amide bonds. The van der Waals surface area contributed by atoms with Crippen molar-refractivity contribution in [2.75, 3.05) is 50.6 Å². The van der Waals surface area contributed by atoms with Crippen LogP contribution < -0.4 is 15.0 Å². The summed E-state index contributed by atoms with van der Waals surface area (Å²) in [5, 5.41) is 10.0. The van der Waals surface area contributed by atoms with Crippen molar-refractivity contribution in [3.05, 3.63) is 54.3 Å². The smallest absolute Gasteiger partial charge is 0.490 e. The van der Waals surface area contributed by atoms with Crippen molar-refractivity contribution in [2.24, 2.45) is 0 Å². The maximum Gasteiger partial charge on any atom is 0.490 e. The molecule has 0 radical (unpaired) electrons. The molecule has 1 spiro atoms. The van der Waals surface area contributed by atoms with E-state index in [2.05, 4.69) is 5.32 Å². The lowest BCUT2D eigenvalue weighted by atomic mass is 9.92. The quantitative estimate of drug-likeness (QED) is 0.595. The molecule has 1 atom stereocenters. The van der Waals surface area contributed by atoms with Gasteiger partial charge in [0.05, 0.1) is 19.2 Å². The van der Waals surface area contributed by atoms with Gasteiger partial charge < -0.3 is 25.0 Å². The van der Waals surface area contributed by atoms with Crippen LogP contribution >= 0.6 is 0 Å². The number of rotatable bonds is 3. The number of alkyl halides is 3. The van der Waals surface area contributed by atoms with Crippen LogP contribution in [0, 0.1) is 5.82 Å². The first-order valence-corrected chi connectivity index (χ1v) is 11.1. The van der Waals surface area contributed by atoms with Gasteiger partial charge in [0.2, 0.25) is 5.91 Å². The Morgan fingerprint density at radius 3 is 2.41 bits per heavy atom. The molecule has 0 aliphatic carbocycles. The summed E-state index contributed by atoms with van der Waals surface area (Å²) in [6.45, 7) is 1.69. The van der Waals surface area contributed by atoms with E-state index in [1.807, 2.05) is 30.1 Å². The Balaban J connectivity index is 0.000000479. The molecule has 0 saturated carbocycles. The first-order valence-electron chi connectivity index (χ1n) is 11.1. The summed E-state index contributed by atoms with van der Waals surface area (Å²) in [5.74, 6) is -2.54. The minimum atomic E-state index is -5.08. The van der Waals surface area contributed by atoms with Crippen molar-refractivity contribution in [1.29, 1.82) is 0 Å². The number of urea groups is 1. The number of hydrogen-bond acceptors (Lipinski definition) is 5. The number of carboxylic acid groups (broad SMARTS) is 1. The predicted octanol–water partition coefficient (Wildman–Crippen LogP) is 3.42. The predicted molar refractivity (Wildman–Crippen MR) is 126 cm³/mol. The molecule has 37 heavy (non-hydrogen) atoms. The molecule has 13 heteroatoms. The van der Waals surface area contributed by atoms with E-state index < -0.39 is 12.1 Å². The van der Waals surface area contributed by atoms with Gasteiger partial charge in [-0.2, -0.15) is 13.2 Å². The van der Waals surface area contributed by atoms with Crippen LogP contribution in [0.5, 0.6) is 5.75 Å². The van der Waals surface area contributed by atoms with Crippen LogP contribution in [0.2, 0.25) is 0 Å². The van der Waals surface area contributed by atoms with Crippen molar-refractivity contribution in [2.45, 2.75) is 18.1 Å². The van der Waals surface area contributed by atoms with E-state index >= 15 is 0 Å². The van der Waals surface area contributed by atoms with Crippen LogP contribution in [0.25, 0.3) is 0 Å². The second kappa shape index (κ2) is 11.0. The number of nitrogens with one attached hydrogen (secondary N) is 1. The highest BCUT2D eigenvalue weighted by molar-refractivity contribution is 5.96. The van der Waals surface area contributed by atoms with Gasteiger partial charge in [-0.1, -0.05) is 12.1 Å². The molecule has 2 aliphatic rings. The monoisotopic (exact) mass is 526 g/mol. The Labute approximate surface area is 210 Å². The minimum absolute atomic E-state index is 0.0759. The van der Waals surface area contributed by atoms with Crippen molar-refractivity contribution in [3.8, 4) is 5.75 Å². The lowest BCUT2D eigenvalue weighted by molar-refractivity contribution is -0.192. The number of carbonyl (C=O) groups excluding carboxylic acids is 2. The molecule has 4 rings (SSSR count). The van der Waals surface area contributed by atoms with Crippen LogP contribution in [-0.2, 0) is 9.59 Å². The SMILES string of the molecule is COc1cccc(NC(=O)N2CCC3(C2)CN(c2cccc(F)c2)C(=O)CN3C)c1.O=C(O)C(F)(F)F. The zero-order valence-electron chi connectivity index (χ0n) is 20.1. The van der Waals surface area contributed by atoms with E-state index in [1.54, 1.807) is 35.1 Å². The number of amides is 3. The number of hydrogen-bond donors (Lipinski definition) is 2. The van der Waals surface area contributed by atoms with Gasteiger partial charge in [0.15, 0.2) is 0 Å². The van der Waals surface area contributed by atoms with Crippen LogP contribution in [0.4, 0.5) is 33.7 Å². The summed E-state index contributed by atoms with van der Waals surface area (Å²) >= 11 is 0. The third-order valence-corrected chi connectivity index (χ3v) is 6.24. The standard InChI is InChI=1S/C22H25FN4O3.C2HF3O2/c1-25-13-20(28)27(18-7-3-5-16(23)11-18)15-22(25)9-10-26(14-22)21(29)24-17-6-4-8-19(12-17)30-2;3-2(4,5)1(6)7/h3-8,11-12H,9-10,13-15H2,1-2H3,(H,24,29);(H,6,7). The molecule has 2 fully saturated rings. The minimum Gasteiger partial charge on any atom is -0.497 e. The maximum absolute atomic E-state index is 13.7. The number of likely N-dealkylation sites (N-methyl/N-ethyl adjacent to an activating group) is 1. The Morgan fingerprint density at radius 1 is 1.11 bits per heavy atom. The summed E-state index contributed by atoms with van der Waals surface area (Å²) < 4.78 is 50.6. The summed E-state index contributed by atoms with van der Waals surface area (Å²) in [6, 6.07) is 13.1. The van der Waals surface area contributed by atoms with Gasteiger partial charge >= 0.3 is 18.2 Å². The molecular weight excluding hydrogens is 500 g/mol. The highest BCUT2D eigenvalue weighted by Gasteiger charge is 2.48. The van der Waals surface area contributed by atoms with Crippen molar-refractivity contribution in [1.82, 2.24) is 9.80 Å². The molecule has 0 aromatic heterocycles. The van der Waals surface area contributed by atoms with Gasteiger partial charge in [-0.05, 0) is 43.8 Å². The highest BCUT2D eigenvalue weighted by atomic mass is 19.4. The van der Waals surface area contributed by atoms with Gasteiger partial charge in [0.1, 0.15) is 11.6 Å². The molecule has 2 heterocycles. The largest absolute Gasteiger partial charge is 0.497 e. The first kappa shape index (κ1) is 27.7. The number of benzene rings is 2. The number of piperazine rings is 1. The third kappa shape index (κ3) is 6.67. The van der Waals surface area contributed by atoms with E-state index in [0.717, 1.165) is 6.42 Å². The van der Waals surface area contributed by atoms with Gasteiger partial charge in [-0.3, -0.25) is 9.69 Å². The third-order valence-electron chi connectivity index (χ3n) is 6.24. The van der Waals surface area contributed by atoms with Gasteiger partial charge in [0, 0.05) is 37.1 Å². The van der Waals surface area contributed by atoms with E-state index in [0.29, 0.717) is 36.8 Å². The van der Waals surface area contributed by atoms with Crippen LogP contribution in [-0.4, -0.2) is 84.9 Å². The maximum atomic E-state index is 13.7. The summed E-state index contributed by atoms with van der Waals surface area (Å²) in [4.78, 5) is 39.8. The number of halogens is 4. The second-order valence-electron chi connectivity index (χ2n) is 8.68. The van der Waals surface area contributed by atoms with Gasteiger partial charge in [-0.25, -0.2) is 14.0 Å². The van der Waals surface area contributed by atoms with Crippen LogP contribution in [0.15, 0.2) is 48.5 Å². The van der Waals surface area contributed by atoms with E-state index in [4.69, 9.17) is 14.6 Å². The number of carboxylic acids is 1. The number of likely N-dealkylation sites (tertiary alicyclic amines) is 1. The molecule has 1 unspecified atom stereocenters. The van der Waals surface area contributed by atoms with E-state index in [9.17, 15) is 27.2 Å². The molecule has 9 nitrogen and oxygen atoms in total. The average Bonchev–Trinajstić information content (AvgIpc) is 3.27.